The first-order valence-electron chi connectivity index (χ1n) is 5.56. The van der Waals surface area contributed by atoms with Crippen LogP contribution in [0.1, 0.15) is 19.7 Å². The lowest BCUT2D eigenvalue weighted by atomic mass is 10.6. The number of ether oxygens (including phenoxy) is 1. The van der Waals surface area contributed by atoms with Crippen molar-refractivity contribution in [1.29, 1.82) is 0 Å². The van der Waals surface area contributed by atoms with Crippen molar-refractivity contribution in [2.45, 2.75) is 38.8 Å². The van der Waals surface area contributed by atoms with Crippen LogP contribution in [0.5, 0.6) is 0 Å². The number of hydrogen-bond acceptors (Lipinski definition) is 3. The van der Waals surface area contributed by atoms with E-state index in [2.05, 4.69) is 9.97 Å². The van der Waals surface area contributed by atoms with Crippen LogP contribution in [0.25, 0.3) is 0 Å². The minimum Gasteiger partial charge on any atom is -0.374 e. The second-order valence-corrected chi connectivity index (χ2v) is 9.35. The standard InChI is InChI=1S/C11H19FN2OSi/c1-4-16(3,9-12)10(2)15-8-11-13-6-5-7-14-11/h5-7,10H,4,8-9H2,1-3H3. The van der Waals surface area contributed by atoms with Gasteiger partial charge in [-0.3, -0.25) is 4.39 Å². The van der Waals surface area contributed by atoms with Crippen molar-refractivity contribution in [1.82, 2.24) is 9.97 Å². The Hall–Kier alpha value is -0.813. The molecule has 0 fully saturated rings. The predicted octanol–water partition coefficient (Wildman–Crippen LogP) is 2.53. The van der Waals surface area contributed by atoms with E-state index in [9.17, 15) is 4.39 Å². The van der Waals surface area contributed by atoms with E-state index in [0.29, 0.717) is 12.4 Å². The molecule has 1 aromatic heterocycles. The van der Waals surface area contributed by atoms with E-state index in [1.165, 1.54) is 0 Å². The molecule has 1 heterocycles. The van der Waals surface area contributed by atoms with Crippen LogP contribution in [-0.2, 0) is 11.3 Å². The molecule has 0 spiro atoms. The Labute approximate surface area is 97.1 Å². The molecule has 16 heavy (non-hydrogen) atoms. The molecule has 2 atom stereocenters. The smallest absolute Gasteiger partial charge is 0.153 e. The molecule has 0 saturated carbocycles. The van der Waals surface area contributed by atoms with Gasteiger partial charge in [-0.05, 0) is 13.0 Å². The van der Waals surface area contributed by atoms with E-state index >= 15 is 0 Å². The van der Waals surface area contributed by atoms with Crippen molar-refractivity contribution in [2.24, 2.45) is 0 Å². The number of rotatable bonds is 6. The van der Waals surface area contributed by atoms with Crippen molar-refractivity contribution in [3.63, 3.8) is 0 Å². The van der Waals surface area contributed by atoms with Crippen LogP contribution >= 0.6 is 0 Å². The van der Waals surface area contributed by atoms with Crippen LogP contribution in [0.4, 0.5) is 4.39 Å². The SMILES string of the molecule is CC[Si](C)(CF)C(C)OCc1ncccn1. The second-order valence-electron chi connectivity index (χ2n) is 4.26. The molecule has 5 heteroatoms. The van der Waals surface area contributed by atoms with Crippen molar-refractivity contribution in [3.8, 4) is 0 Å². The Balaban J connectivity index is 2.49. The third-order valence-electron chi connectivity index (χ3n) is 3.18. The minimum absolute atomic E-state index is 0.00805. The summed E-state index contributed by atoms with van der Waals surface area (Å²) in [5.74, 6) is 0.653. The maximum absolute atomic E-state index is 13.0. The zero-order chi connectivity index (χ0) is 12.0. The molecule has 0 bridgehead atoms. The lowest BCUT2D eigenvalue weighted by molar-refractivity contribution is 0.0904. The highest BCUT2D eigenvalue weighted by atomic mass is 28.3. The van der Waals surface area contributed by atoms with Gasteiger partial charge in [-0.2, -0.15) is 0 Å². The maximum Gasteiger partial charge on any atom is 0.153 e. The Morgan fingerprint density at radius 1 is 1.44 bits per heavy atom. The number of nitrogens with zero attached hydrogens (tertiary/aromatic N) is 2. The summed E-state index contributed by atoms with van der Waals surface area (Å²) in [6, 6.07) is 2.65. The predicted molar refractivity (Wildman–Crippen MR) is 64.4 cm³/mol. The van der Waals surface area contributed by atoms with Gasteiger partial charge in [-0.15, -0.1) is 0 Å². The average Bonchev–Trinajstić information content (AvgIpc) is 2.36. The summed E-state index contributed by atoms with van der Waals surface area (Å²) in [6.07, 6.45) is 3.13. The van der Waals surface area contributed by atoms with Gasteiger partial charge in [-0.1, -0.05) is 19.5 Å². The summed E-state index contributed by atoms with van der Waals surface area (Å²) in [5.41, 5.74) is -0.00805. The summed E-state index contributed by atoms with van der Waals surface area (Å²) in [6.45, 7) is 6.39. The molecule has 1 aromatic rings. The van der Waals surface area contributed by atoms with Crippen LogP contribution in [-0.4, -0.2) is 30.1 Å². The topological polar surface area (TPSA) is 35.0 Å². The number of hydrogen-bond donors (Lipinski definition) is 0. The Bertz CT molecular complexity index is 306. The van der Waals surface area contributed by atoms with Gasteiger partial charge in [0.05, 0.1) is 6.30 Å². The van der Waals surface area contributed by atoms with Gasteiger partial charge < -0.3 is 4.74 Å². The molecule has 0 aliphatic rings. The summed E-state index contributed by atoms with van der Waals surface area (Å²) in [7, 11) is -1.90. The van der Waals surface area contributed by atoms with E-state index < -0.39 is 8.07 Å². The molecule has 0 amide bonds. The van der Waals surface area contributed by atoms with E-state index in [1.807, 2.05) is 20.4 Å². The van der Waals surface area contributed by atoms with E-state index in [1.54, 1.807) is 18.5 Å². The molecule has 3 nitrogen and oxygen atoms in total. The van der Waals surface area contributed by atoms with Gasteiger partial charge in [0.15, 0.2) is 5.82 Å². The third-order valence-corrected chi connectivity index (χ3v) is 7.53. The van der Waals surface area contributed by atoms with E-state index in [4.69, 9.17) is 4.74 Å². The fourth-order valence-corrected chi connectivity index (χ4v) is 2.76. The highest BCUT2D eigenvalue weighted by molar-refractivity contribution is 6.79. The molecule has 2 unspecified atom stereocenters. The summed E-state index contributed by atoms with van der Waals surface area (Å²) < 4.78 is 18.6. The van der Waals surface area contributed by atoms with Gasteiger partial charge in [0.1, 0.15) is 14.7 Å². The van der Waals surface area contributed by atoms with Gasteiger partial charge in [0.2, 0.25) is 0 Å². The molecule has 0 radical (unpaired) electrons. The Kier molecular flexibility index (Phi) is 5.01. The molecule has 0 aliphatic heterocycles. The molecule has 90 valence electrons. The van der Waals surface area contributed by atoms with Crippen molar-refractivity contribution < 1.29 is 9.13 Å². The van der Waals surface area contributed by atoms with Crippen molar-refractivity contribution in [3.05, 3.63) is 24.3 Å². The number of alkyl halides is 1. The van der Waals surface area contributed by atoms with Crippen LogP contribution in [0.15, 0.2) is 18.5 Å². The quantitative estimate of drug-likeness (QED) is 0.719. The fourth-order valence-electron chi connectivity index (χ4n) is 1.30. The van der Waals surface area contributed by atoms with Crippen molar-refractivity contribution >= 4 is 8.07 Å². The largest absolute Gasteiger partial charge is 0.374 e. The molecule has 1 rings (SSSR count). The second kappa shape index (κ2) is 6.05. The fraction of sp³-hybridized carbons (Fsp3) is 0.636. The summed E-state index contributed by atoms with van der Waals surface area (Å²) >= 11 is 0. The zero-order valence-electron chi connectivity index (χ0n) is 10.1. The van der Waals surface area contributed by atoms with Gasteiger partial charge in [0.25, 0.3) is 0 Å². The Morgan fingerprint density at radius 2 is 2.06 bits per heavy atom. The van der Waals surface area contributed by atoms with Crippen LogP contribution in [0.3, 0.4) is 0 Å². The van der Waals surface area contributed by atoms with Gasteiger partial charge in [0, 0.05) is 18.1 Å². The number of halogens is 1. The average molecular weight is 242 g/mol. The molecule has 0 saturated heterocycles. The molecule has 0 N–H and O–H groups in total. The lowest BCUT2D eigenvalue weighted by Gasteiger charge is -2.29. The van der Waals surface area contributed by atoms with Crippen LogP contribution in [0, 0.1) is 0 Å². The molecule has 0 aliphatic carbocycles. The monoisotopic (exact) mass is 242 g/mol. The first kappa shape index (κ1) is 13.3. The molecule has 0 aromatic carbocycles. The zero-order valence-corrected chi connectivity index (χ0v) is 11.1. The minimum atomic E-state index is -1.90. The lowest BCUT2D eigenvalue weighted by Crippen LogP contribution is -2.46. The molecular formula is C11H19FN2OSi. The first-order valence-corrected chi connectivity index (χ1v) is 8.55. The number of aromatic nitrogens is 2. The summed E-state index contributed by atoms with van der Waals surface area (Å²) in [4.78, 5) is 8.14. The normalized spacial score (nSPS) is 16.8. The maximum atomic E-state index is 13.0. The van der Waals surface area contributed by atoms with E-state index in [0.717, 1.165) is 6.04 Å². The third kappa shape index (κ3) is 3.35. The van der Waals surface area contributed by atoms with E-state index in [-0.39, 0.29) is 12.0 Å². The highest BCUT2D eigenvalue weighted by Crippen LogP contribution is 2.18. The first-order chi connectivity index (χ1) is 7.62. The van der Waals surface area contributed by atoms with Gasteiger partial charge >= 0.3 is 0 Å². The van der Waals surface area contributed by atoms with Crippen molar-refractivity contribution in [2.75, 3.05) is 6.30 Å². The van der Waals surface area contributed by atoms with Crippen LogP contribution < -0.4 is 0 Å². The Morgan fingerprint density at radius 3 is 2.56 bits per heavy atom. The van der Waals surface area contributed by atoms with Crippen LogP contribution in [0.2, 0.25) is 12.6 Å². The molecular weight excluding hydrogens is 223 g/mol. The van der Waals surface area contributed by atoms with Gasteiger partial charge in [-0.25, -0.2) is 9.97 Å². The summed E-state index contributed by atoms with van der Waals surface area (Å²) in [5, 5.41) is 0. The highest BCUT2D eigenvalue weighted by Gasteiger charge is 2.33.